The predicted molar refractivity (Wildman–Crippen MR) is 139 cm³/mol. The van der Waals surface area contributed by atoms with E-state index in [1.165, 1.54) is 11.3 Å². The van der Waals surface area contributed by atoms with Crippen LogP contribution < -0.4 is 15.5 Å². The summed E-state index contributed by atoms with van der Waals surface area (Å²) in [6, 6.07) is 6.86. The van der Waals surface area contributed by atoms with E-state index in [4.69, 9.17) is 0 Å². The number of rotatable bonds is 6. The molecule has 11 heteroatoms. The predicted octanol–water partition coefficient (Wildman–Crippen LogP) is 4.30. The van der Waals surface area contributed by atoms with Crippen molar-refractivity contribution in [1.29, 1.82) is 0 Å². The summed E-state index contributed by atoms with van der Waals surface area (Å²) in [5.41, 5.74) is 2.33. The van der Waals surface area contributed by atoms with Crippen molar-refractivity contribution in [1.82, 2.24) is 25.3 Å². The average Bonchev–Trinajstić information content (AvgIpc) is 3.34. The molecule has 1 unspecified atom stereocenters. The summed E-state index contributed by atoms with van der Waals surface area (Å²) >= 11 is 1.19. The maximum absolute atomic E-state index is 15.8. The molecule has 3 N–H and O–H groups in total. The van der Waals surface area contributed by atoms with Gasteiger partial charge in [0, 0.05) is 61.5 Å². The minimum absolute atomic E-state index is 0.140. The van der Waals surface area contributed by atoms with Gasteiger partial charge >= 0.3 is 6.03 Å². The lowest BCUT2D eigenvalue weighted by molar-refractivity contribution is 0.208. The summed E-state index contributed by atoms with van der Waals surface area (Å²) in [5.74, 6) is 0.250. The molecular formula is C25H26FN7O2S. The first-order valence-corrected chi connectivity index (χ1v) is 12.7. The number of piperidine rings is 1. The normalized spacial score (nSPS) is 15.8. The number of carbonyl (C=O) groups excluding carboxylic acids is 1. The summed E-state index contributed by atoms with van der Waals surface area (Å²) in [4.78, 5) is 31.9. The number of aliphatic hydroxyl groups excluding tert-OH is 1. The van der Waals surface area contributed by atoms with E-state index in [0.29, 0.717) is 51.3 Å². The van der Waals surface area contributed by atoms with E-state index >= 15 is 4.39 Å². The van der Waals surface area contributed by atoms with Crippen LogP contribution in [-0.4, -0.2) is 57.3 Å². The van der Waals surface area contributed by atoms with Crippen molar-refractivity contribution in [3.05, 3.63) is 48.7 Å². The Labute approximate surface area is 211 Å². The molecule has 1 fully saturated rings. The third kappa shape index (κ3) is 4.84. The van der Waals surface area contributed by atoms with Crippen LogP contribution in [-0.2, 0) is 0 Å². The molecule has 1 atom stereocenters. The first-order chi connectivity index (χ1) is 17.6. The lowest BCUT2D eigenvalue weighted by atomic mass is 9.99. The molecule has 9 nitrogen and oxygen atoms in total. The van der Waals surface area contributed by atoms with Crippen LogP contribution in [0.5, 0.6) is 0 Å². The number of nitrogens with one attached hydrogen (secondary N) is 2. The molecule has 1 saturated heterocycles. The van der Waals surface area contributed by atoms with E-state index in [1.54, 1.807) is 24.7 Å². The molecule has 5 rings (SSSR count). The number of aliphatic hydroxyl groups is 1. The molecule has 0 radical (unpaired) electrons. The van der Waals surface area contributed by atoms with Crippen molar-refractivity contribution < 1.29 is 14.3 Å². The molecule has 3 aromatic heterocycles. The number of aromatic nitrogens is 4. The van der Waals surface area contributed by atoms with Crippen molar-refractivity contribution in [3.8, 4) is 22.4 Å². The molecule has 36 heavy (non-hydrogen) atoms. The van der Waals surface area contributed by atoms with Gasteiger partial charge in [-0.2, -0.15) is 0 Å². The molecule has 1 aromatic carbocycles. The lowest BCUT2D eigenvalue weighted by Gasteiger charge is -2.31. The number of fused-ring (bicyclic) bond motifs is 1. The Morgan fingerprint density at radius 1 is 1.25 bits per heavy atom. The Morgan fingerprint density at radius 2 is 2.08 bits per heavy atom. The molecule has 4 aromatic rings. The molecule has 186 valence electrons. The quantitative estimate of drug-likeness (QED) is 0.356. The number of thiazole rings is 1. The number of carbonyl (C=O) groups is 1. The SMILES string of the molecule is CCNC(=O)Nc1nc2c(F)c(-c3cnc(N4CCCC(CO)C4)nc3)cc(-c3ccccn3)c2s1. The van der Waals surface area contributed by atoms with E-state index in [0.717, 1.165) is 19.4 Å². The summed E-state index contributed by atoms with van der Waals surface area (Å²) in [5, 5.41) is 15.1. The number of hydrogen-bond donors (Lipinski definition) is 3. The fourth-order valence-corrected chi connectivity index (χ4v) is 5.33. The minimum Gasteiger partial charge on any atom is -0.396 e. The van der Waals surface area contributed by atoms with Crippen LogP contribution in [0.2, 0.25) is 0 Å². The van der Waals surface area contributed by atoms with Gasteiger partial charge in [-0.05, 0) is 43.9 Å². The first-order valence-electron chi connectivity index (χ1n) is 11.8. The molecule has 0 aliphatic carbocycles. The van der Waals surface area contributed by atoms with E-state index in [-0.39, 0.29) is 18.0 Å². The highest BCUT2D eigenvalue weighted by Gasteiger charge is 2.23. The van der Waals surface area contributed by atoms with Gasteiger partial charge in [-0.15, -0.1) is 0 Å². The third-order valence-corrected chi connectivity index (χ3v) is 7.12. The van der Waals surface area contributed by atoms with Gasteiger partial charge < -0.3 is 15.3 Å². The maximum atomic E-state index is 15.8. The smallest absolute Gasteiger partial charge is 0.321 e. The van der Waals surface area contributed by atoms with E-state index in [2.05, 4.69) is 30.6 Å². The fraction of sp³-hybridized carbons (Fsp3) is 0.320. The highest BCUT2D eigenvalue weighted by molar-refractivity contribution is 7.22. The molecular weight excluding hydrogens is 481 g/mol. The van der Waals surface area contributed by atoms with Crippen molar-refractivity contribution >= 4 is 38.7 Å². The van der Waals surface area contributed by atoms with Crippen LogP contribution in [0.1, 0.15) is 19.8 Å². The molecule has 1 aliphatic rings. The molecule has 4 heterocycles. The second kappa shape index (κ2) is 10.5. The molecule has 0 saturated carbocycles. The van der Waals surface area contributed by atoms with Crippen LogP contribution in [0.25, 0.3) is 32.6 Å². The zero-order chi connectivity index (χ0) is 25.1. The van der Waals surface area contributed by atoms with E-state index in [9.17, 15) is 9.90 Å². The number of pyridine rings is 1. The number of halogens is 1. The monoisotopic (exact) mass is 507 g/mol. The van der Waals surface area contributed by atoms with Crippen LogP contribution >= 0.6 is 11.3 Å². The summed E-state index contributed by atoms with van der Waals surface area (Å²) in [6.07, 6.45) is 6.84. The van der Waals surface area contributed by atoms with Gasteiger partial charge in [0.05, 0.1) is 10.4 Å². The van der Waals surface area contributed by atoms with Crippen LogP contribution in [0.3, 0.4) is 0 Å². The van der Waals surface area contributed by atoms with Gasteiger partial charge in [0.25, 0.3) is 0 Å². The number of hydrogen-bond acceptors (Lipinski definition) is 8. The Morgan fingerprint density at radius 3 is 2.81 bits per heavy atom. The number of anilines is 2. The molecule has 1 aliphatic heterocycles. The van der Waals surface area contributed by atoms with Crippen LogP contribution in [0.15, 0.2) is 42.9 Å². The van der Waals surface area contributed by atoms with Gasteiger partial charge in [0.15, 0.2) is 10.9 Å². The van der Waals surface area contributed by atoms with Crippen molar-refractivity contribution in [2.45, 2.75) is 19.8 Å². The summed E-state index contributed by atoms with van der Waals surface area (Å²) < 4.78 is 16.4. The van der Waals surface area contributed by atoms with Crippen molar-refractivity contribution in [2.24, 2.45) is 5.92 Å². The van der Waals surface area contributed by atoms with Gasteiger partial charge in [-0.1, -0.05) is 17.4 Å². The van der Waals surface area contributed by atoms with Gasteiger partial charge in [-0.3, -0.25) is 10.3 Å². The van der Waals surface area contributed by atoms with E-state index < -0.39 is 11.8 Å². The molecule has 0 bridgehead atoms. The standard InChI is InChI=1S/C25H26FN7O2S/c1-2-27-24(35)32-25-31-21-20(26)17(10-18(22(21)36-25)19-7-3-4-8-28-19)16-11-29-23(30-12-16)33-9-5-6-15(13-33)14-34/h3-4,7-8,10-12,15,34H,2,5-6,9,13-14H2,1H3,(H2,27,31,32,35). The van der Waals surface area contributed by atoms with Gasteiger partial charge in [-0.25, -0.2) is 24.1 Å². The summed E-state index contributed by atoms with van der Waals surface area (Å²) in [6.45, 7) is 3.93. The van der Waals surface area contributed by atoms with Gasteiger partial charge in [0.2, 0.25) is 5.95 Å². The molecule has 0 spiro atoms. The Bertz CT molecular complexity index is 1360. The Balaban J connectivity index is 1.55. The summed E-state index contributed by atoms with van der Waals surface area (Å²) in [7, 11) is 0. The lowest BCUT2D eigenvalue weighted by Crippen LogP contribution is -2.37. The number of benzene rings is 1. The van der Waals surface area contributed by atoms with Crippen LogP contribution in [0.4, 0.5) is 20.3 Å². The zero-order valence-corrected chi connectivity index (χ0v) is 20.6. The Kier molecular flexibility index (Phi) is 7.01. The Hall–Kier alpha value is -3.70. The number of nitrogens with zero attached hydrogens (tertiary/aromatic N) is 5. The average molecular weight is 508 g/mol. The number of amides is 2. The largest absolute Gasteiger partial charge is 0.396 e. The number of urea groups is 1. The minimum atomic E-state index is -0.514. The molecule has 2 amide bonds. The van der Waals surface area contributed by atoms with Crippen molar-refractivity contribution in [2.75, 3.05) is 36.5 Å². The first kappa shape index (κ1) is 24.0. The van der Waals surface area contributed by atoms with E-state index in [1.807, 2.05) is 30.0 Å². The van der Waals surface area contributed by atoms with Crippen molar-refractivity contribution in [3.63, 3.8) is 0 Å². The third-order valence-electron chi connectivity index (χ3n) is 6.11. The topological polar surface area (TPSA) is 116 Å². The maximum Gasteiger partial charge on any atom is 0.321 e. The second-order valence-electron chi connectivity index (χ2n) is 8.59. The van der Waals surface area contributed by atoms with Gasteiger partial charge in [0.1, 0.15) is 5.52 Å². The highest BCUT2D eigenvalue weighted by Crippen LogP contribution is 2.40. The zero-order valence-electron chi connectivity index (χ0n) is 19.7. The second-order valence-corrected chi connectivity index (χ2v) is 9.59. The van der Waals surface area contributed by atoms with Crippen LogP contribution in [0, 0.1) is 11.7 Å². The highest BCUT2D eigenvalue weighted by atomic mass is 32.1. The fourth-order valence-electron chi connectivity index (χ4n) is 4.35.